The van der Waals surface area contributed by atoms with Gasteiger partial charge in [0.05, 0.1) is 22.8 Å². The molecule has 3 aromatic heterocycles. The van der Waals surface area contributed by atoms with Crippen LogP contribution in [0, 0.1) is 0 Å². The van der Waals surface area contributed by atoms with E-state index in [-0.39, 0.29) is 5.56 Å². The van der Waals surface area contributed by atoms with Crippen LogP contribution in [0.25, 0.3) is 22.7 Å². The van der Waals surface area contributed by atoms with Gasteiger partial charge in [-0.1, -0.05) is 23.7 Å². The van der Waals surface area contributed by atoms with Crippen LogP contribution in [0.2, 0.25) is 5.02 Å². The van der Waals surface area contributed by atoms with Crippen molar-refractivity contribution in [2.45, 2.75) is 19.5 Å². The standard InChI is InChI=1S/C23H19ClN4O2/c24-19-4-2-1-3-17(19)21-6-5-16(30-21)13-28-12-9-20-18(14-28)23(29)27-22(26-20)15-7-10-25-11-8-15/h1-8,10-11H,9,12-14H2,(H,26,27,29). The zero-order valence-electron chi connectivity index (χ0n) is 16.1. The lowest BCUT2D eigenvalue weighted by Crippen LogP contribution is -2.35. The molecule has 4 heterocycles. The minimum Gasteiger partial charge on any atom is -0.460 e. The fourth-order valence-electron chi connectivity index (χ4n) is 3.75. The van der Waals surface area contributed by atoms with E-state index in [0.29, 0.717) is 23.9 Å². The van der Waals surface area contributed by atoms with Gasteiger partial charge in [0.25, 0.3) is 5.56 Å². The highest BCUT2D eigenvalue weighted by Gasteiger charge is 2.22. The smallest absolute Gasteiger partial charge is 0.255 e. The molecule has 5 rings (SSSR count). The number of aromatic amines is 1. The molecule has 30 heavy (non-hydrogen) atoms. The topological polar surface area (TPSA) is 75.0 Å². The number of nitrogens with zero attached hydrogens (tertiary/aromatic N) is 3. The first-order valence-electron chi connectivity index (χ1n) is 9.76. The van der Waals surface area contributed by atoms with Gasteiger partial charge in [0, 0.05) is 43.0 Å². The summed E-state index contributed by atoms with van der Waals surface area (Å²) in [7, 11) is 0. The summed E-state index contributed by atoms with van der Waals surface area (Å²) in [6.45, 7) is 1.97. The van der Waals surface area contributed by atoms with Crippen LogP contribution in [0.1, 0.15) is 17.0 Å². The second-order valence-electron chi connectivity index (χ2n) is 7.28. The molecule has 0 saturated carbocycles. The average molecular weight is 419 g/mol. The maximum atomic E-state index is 12.7. The number of aromatic nitrogens is 3. The minimum absolute atomic E-state index is 0.0901. The molecule has 1 aromatic carbocycles. The van der Waals surface area contributed by atoms with Gasteiger partial charge in [0.15, 0.2) is 0 Å². The monoisotopic (exact) mass is 418 g/mol. The number of hydrogen-bond acceptors (Lipinski definition) is 5. The van der Waals surface area contributed by atoms with E-state index in [2.05, 4.69) is 14.9 Å². The van der Waals surface area contributed by atoms with Crippen LogP contribution in [0.3, 0.4) is 0 Å². The molecule has 150 valence electrons. The summed E-state index contributed by atoms with van der Waals surface area (Å²) in [4.78, 5) is 26.5. The quantitative estimate of drug-likeness (QED) is 0.534. The van der Waals surface area contributed by atoms with Crippen molar-refractivity contribution in [2.24, 2.45) is 0 Å². The van der Waals surface area contributed by atoms with Crippen LogP contribution in [0.15, 0.2) is 70.1 Å². The second kappa shape index (κ2) is 7.89. The van der Waals surface area contributed by atoms with Gasteiger partial charge in [-0.15, -0.1) is 0 Å². The van der Waals surface area contributed by atoms with Gasteiger partial charge >= 0.3 is 0 Å². The zero-order chi connectivity index (χ0) is 20.5. The lowest BCUT2D eigenvalue weighted by atomic mass is 10.1. The molecule has 0 bridgehead atoms. The van der Waals surface area contributed by atoms with E-state index in [4.69, 9.17) is 21.0 Å². The molecule has 6 nitrogen and oxygen atoms in total. The van der Waals surface area contributed by atoms with E-state index in [1.54, 1.807) is 12.4 Å². The van der Waals surface area contributed by atoms with Gasteiger partial charge in [0.2, 0.25) is 0 Å². The Morgan fingerprint density at radius 1 is 1.10 bits per heavy atom. The first-order valence-corrected chi connectivity index (χ1v) is 10.1. The minimum atomic E-state index is -0.0901. The summed E-state index contributed by atoms with van der Waals surface area (Å²) in [6.07, 6.45) is 4.10. The molecule has 0 fully saturated rings. The Balaban J connectivity index is 1.34. The van der Waals surface area contributed by atoms with Crippen LogP contribution >= 0.6 is 11.6 Å². The summed E-state index contributed by atoms with van der Waals surface area (Å²) in [5.74, 6) is 2.17. The predicted octanol–water partition coefficient (Wildman–Crippen LogP) is 4.30. The van der Waals surface area contributed by atoms with E-state index in [9.17, 15) is 4.79 Å². The van der Waals surface area contributed by atoms with Crippen LogP contribution in [-0.2, 0) is 19.5 Å². The van der Waals surface area contributed by atoms with Crippen molar-refractivity contribution in [1.82, 2.24) is 19.9 Å². The van der Waals surface area contributed by atoms with Crippen molar-refractivity contribution in [3.05, 3.63) is 93.3 Å². The zero-order valence-corrected chi connectivity index (χ0v) is 16.9. The molecule has 0 unspecified atom stereocenters. The van der Waals surface area contributed by atoms with Crippen molar-refractivity contribution in [3.63, 3.8) is 0 Å². The maximum absolute atomic E-state index is 12.7. The van der Waals surface area contributed by atoms with Gasteiger partial charge < -0.3 is 9.40 Å². The highest BCUT2D eigenvalue weighted by molar-refractivity contribution is 6.33. The lowest BCUT2D eigenvalue weighted by molar-refractivity contribution is 0.223. The van der Waals surface area contributed by atoms with Gasteiger partial charge in [-0.2, -0.15) is 0 Å². The molecular formula is C23H19ClN4O2. The molecule has 1 aliphatic heterocycles. The molecule has 0 radical (unpaired) electrons. The highest BCUT2D eigenvalue weighted by Crippen LogP contribution is 2.30. The van der Waals surface area contributed by atoms with Crippen LogP contribution in [0.4, 0.5) is 0 Å². The third-order valence-electron chi connectivity index (χ3n) is 5.28. The fraction of sp³-hybridized carbons (Fsp3) is 0.174. The van der Waals surface area contributed by atoms with Crippen LogP contribution in [-0.4, -0.2) is 26.4 Å². The number of pyridine rings is 1. The van der Waals surface area contributed by atoms with E-state index in [1.165, 1.54) is 0 Å². The highest BCUT2D eigenvalue weighted by atomic mass is 35.5. The maximum Gasteiger partial charge on any atom is 0.255 e. The Labute approximate surface area is 178 Å². The largest absolute Gasteiger partial charge is 0.460 e. The Morgan fingerprint density at radius 3 is 2.77 bits per heavy atom. The lowest BCUT2D eigenvalue weighted by Gasteiger charge is -2.26. The number of hydrogen-bond donors (Lipinski definition) is 1. The number of furan rings is 1. The average Bonchev–Trinajstić information content (AvgIpc) is 3.23. The first kappa shape index (κ1) is 18.8. The van der Waals surface area contributed by atoms with Crippen molar-refractivity contribution >= 4 is 11.6 Å². The van der Waals surface area contributed by atoms with Crippen LogP contribution in [0.5, 0.6) is 0 Å². The summed E-state index contributed by atoms with van der Waals surface area (Å²) < 4.78 is 6.01. The summed E-state index contributed by atoms with van der Waals surface area (Å²) in [5.41, 5.74) is 3.22. The molecule has 0 spiro atoms. The Bertz CT molecular complexity index is 1250. The van der Waals surface area contributed by atoms with Gasteiger partial charge in [0.1, 0.15) is 17.3 Å². The van der Waals surface area contributed by atoms with Gasteiger partial charge in [-0.05, 0) is 36.4 Å². The Morgan fingerprint density at radius 2 is 1.93 bits per heavy atom. The van der Waals surface area contributed by atoms with Crippen molar-refractivity contribution in [3.8, 4) is 22.7 Å². The molecule has 4 aromatic rings. The molecule has 0 amide bonds. The molecule has 0 saturated heterocycles. The Hall–Kier alpha value is -3.22. The molecular weight excluding hydrogens is 400 g/mol. The first-order chi connectivity index (χ1) is 14.7. The van der Waals surface area contributed by atoms with E-state index in [0.717, 1.165) is 46.9 Å². The number of H-pyrrole nitrogens is 1. The fourth-order valence-corrected chi connectivity index (χ4v) is 3.98. The number of benzene rings is 1. The SMILES string of the molecule is O=c1[nH]c(-c2ccncc2)nc2c1CN(Cc1ccc(-c3ccccc3Cl)o1)CC2. The third kappa shape index (κ3) is 3.67. The molecule has 1 aliphatic rings. The van der Waals surface area contributed by atoms with Crippen molar-refractivity contribution in [2.75, 3.05) is 6.54 Å². The van der Waals surface area contributed by atoms with Gasteiger partial charge in [-0.25, -0.2) is 4.98 Å². The van der Waals surface area contributed by atoms with Gasteiger partial charge in [-0.3, -0.25) is 14.7 Å². The van der Waals surface area contributed by atoms with E-state index < -0.39 is 0 Å². The molecule has 1 N–H and O–H groups in total. The molecule has 0 atom stereocenters. The second-order valence-corrected chi connectivity index (χ2v) is 7.69. The Kier molecular flexibility index (Phi) is 4.94. The predicted molar refractivity (Wildman–Crippen MR) is 115 cm³/mol. The summed E-state index contributed by atoms with van der Waals surface area (Å²) >= 11 is 6.27. The molecule has 7 heteroatoms. The third-order valence-corrected chi connectivity index (χ3v) is 5.61. The summed E-state index contributed by atoms with van der Waals surface area (Å²) in [6, 6.07) is 15.2. The summed E-state index contributed by atoms with van der Waals surface area (Å²) in [5, 5.41) is 0.660. The van der Waals surface area contributed by atoms with Crippen molar-refractivity contribution < 1.29 is 4.42 Å². The van der Waals surface area contributed by atoms with Crippen molar-refractivity contribution in [1.29, 1.82) is 0 Å². The van der Waals surface area contributed by atoms with E-state index >= 15 is 0 Å². The number of halogens is 1. The number of nitrogens with one attached hydrogen (secondary N) is 1. The van der Waals surface area contributed by atoms with E-state index in [1.807, 2.05) is 48.5 Å². The normalized spacial score (nSPS) is 13.9. The number of fused-ring (bicyclic) bond motifs is 1. The molecule has 0 aliphatic carbocycles. The number of rotatable bonds is 4. The van der Waals surface area contributed by atoms with Crippen LogP contribution < -0.4 is 5.56 Å².